The van der Waals surface area contributed by atoms with Crippen LogP contribution < -0.4 is 10.1 Å². The fourth-order valence-electron chi connectivity index (χ4n) is 3.03. The Hall–Kier alpha value is -0.900. The van der Waals surface area contributed by atoms with Crippen molar-refractivity contribution in [3.63, 3.8) is 0 Å². The van der Waals surface area contributed by atoms with Gasteiger partial charge in [-0.1, -0.05) is 6.07 Å². The van der Waals surface area contributed by atoms with E-state index in [-0.39, 0.29) is 36.1 Å². The van der Waals surface area contributed by atoms with E-state index in [2.05, 4.69) is 5.32 Å². The van der Waals surface area contributed by atoms with Gasteiger partial charge < -0.3 is 10.1 Å². The average molecular weight is 443 g/mol. The Morgan fingerprint density at radius 3 is 2.15 bits per heavy atom. The quantitative estimate of drug-likeness (QED) is 0.659. The molecule has 1 aromatic carbocycles. The number of alkyl halides is 6. The molecule has 0 aliphatic carbocycles. The molecule has 0 bridgehead atoms. The lowest BCUT2D eigenvalue weighted by Gasteiger charge is -2.36. The molecule has 0 amide bonds. The number of rotatable bonds is 5. The third kappa shape index (κ3) is 7.56. The van der Waals surface area contributed by atoms with Crippen molar-refractivity contribution in [1.29, 1.82) is 0 Å². The van der Waals surface area contributed by atoms with Crippen molar-refractivity contribution in [2.45, 2.75) is 31.2 Å². The maximum Gasteiger partial charge on any atom is 0.416 e. The topological polar surface area (TPSA) is 24.5 Å². The molecule has 0 unspecified atom stereocenters. The summed E-state index contributed by atoms with van der Waals surface area (Å²) in [5, 5.41) is 3.05. The molecule has 1 atom stereocenters. The molecule has 1 N–H and O–H groups in total. The van der Waals surface area contributed by atoms with E-state index in [1.54, 1.807) is 4.90 Å². The third-order valence-corrected chi connectivity index (χ3v) is 4.22. The minimum absolute atomic E-state index is 0. The minimum atomic E-state index is -4.67. The lowest BCUT2D eigenvalue weighted by molar-refractivity contribution is -0.141. The van der Waals surface area contributed by atoms with Crippen molar-refractivity contribution in [3.05, 3.63) is 29.3 Å². The molecule has 1 heterocycles. The van der Waals surface area contributed by atoms with Crippen LogP contribution in [0.1, 0.15) is 30.0 Å². The van der Waals surface area contributed by atoms with Crippen LogP contribution in [0.25, 0.3) is 0 Å². The molecule has 27 heavy (non-hydrogen) atoms. The first-order chi connectivity index (χ1) is 11.6. The van der Waals surface area contributed by atoms with Gasteiger partial charge in [0.25, 0.3) is 0 Å². The molecule has 0 spiro atoms. The highest BCUT2D eigenvalue weighted by atomic mass is 35.5. The van der Waals surface area contributed by atoms with Crippen LogP contribution in [0.3, 0.4) is 0 Å². The summed E-state index contributed by atoms with van der Waals surface area (Å²) < 4.78 is 83.3. The fourth-order valence-corrected chi connectivity index (χ4v) is 3.03. The Balaban J connectivity index is 0.00000338. The number of piperazine rings is 1. The van der Waals surface area contributed by atoms with Gasteiger partial charge in [0.15, 0.2) is 0 Å². The van der Waals surface area contributed by atoms with Crippen molar-refractivity contribution >= 4 is 24.8 Å². The maximum atomic E-state index is 13.5. The van der Waals surface area contributed by atoms with E-state index < -0.39 is 36.8 Å². The van der Waals surface area contributed by atoms with Crippen LogP contribution in [0.15, 0.2) is 18.2 Å². The Bertz CT molecular complexity index is 577. The van der Waals surface area contributed by atoms with Crippen LogP contribution >= 0.6 is 24.8 Å². The van der Waals surface area contributed by atoms with Gasteiger partial charge in [-0.2, -0.15) is 26.3 Å². The van der Waals surface area contributed by atoms with E-state index in [1.165, 1.54) is 19.2 Å². The SMILES string of the molecule is COc1ccc([C@H](CCC(F)(F)F)N2CCNCC2)c(C(F)(F)F)c1.Cl.Cl. The number of hydrogen-bond acceptors (Lipinski definition) is 3. The van der Waals surface area contributed by atoms with Gasteiger partial charge in [-0.3, -0.25) is 4.90 Å². The number of nitrogens with zero attached hydrogens (tertiary/aromatic N) is 1. The van der Waals surface area contributed by atoms with Crippen molar-refractivity contribution in [1.82, 2.24) is 10.2 Å². The standard InChI is InChI=1S/C16H20F6N2O.2ClH/c1-25-11-2-3-12(13(10-11)16(20,21)22)14(4-5-15(17,18)19)24-8-6-23-7-9-24;;/h2-3,10,14,23H,4-9H2,1H3;2*1H/t14-;;/m0../s1. The number of benzene rings is 1. The molecule has 0 radical (unpaired) electrons. The van der Waals surface area contributed by atoms with Crippen molar-refractivity contribution < 1.29 is 31.1 Å². The monoisotopic (exact) mass is 442 g/mol. The van der Waals surface area contributed by atoms with Gasteiger partial charge in [-0.15, -0.1) is 24.8 Å². The fraction of sp³-hybridized carbons (Fsp3) is 0.625. The Morgan fingerprint density at radius 2 is 1.67 bits per heavy atom. The van der Waals surface area contributed by atoms with Gasteiger partial charge >= 0.3 is 12.4 Å². The minimum Gasteiger partial charge on any atom is -0.497 e. The third-order valence-electron chi connectivity index (χ3n) is 4.22. The van der Waals surface area contributed by atoms with E-state index in [0.29, 0.717) is 26.2 Å². The molecule has 2 rings (SSSR count). The van der Waals surface area contributed by atoms with E-state index in [9.17, 15) is 26.3 Å². The van der Waals surface area contributed by atoms with E-state index in [1.807, 2.05) is 0 Å². The molecule has 158 valence electrons. The summed E-state index contributed by atoms with van der Waals surface area (Å²) in [4.78, 5) is 1.68. The second-order valence-electron chi connectivity index (χ2n) is 5.91. The second kappa shape index (κ2) is 10.6. The lowest BCUT2D eigenvalue weighted by Crippen LogP contribution is -2.45. The van der Waals surface area contributed by atoms with Gasteiger partial charge in [-0.25, -0.2) is 0 Å². The normalized spacial score (nSPS) is 16.9. The number of halogens is 8. The van der Waals surface area contributed by atoms with E-state index in [4.69, 9.17) is 4.74 Å². The number of ether oxygens (including phenoxy) is 1. The average Bonchev–Trinajstić information content (AvgIpc) is 2.54. The number of hydrogen-bond donors (Lipinski definition) is 1. The summed E-state index contributed by atoms with van der Waals surface area (Å²) in [6.07, 6.45) is -10.6. The van der Waals surface area contributed by atoms with Crippen LogP contribution in [-0.4, -0.2) is 44.4 Å². The smallest absolute Gasteiger partial charge is 0.416 e. The lowest BCUT2D eigenvalue weighted by atomic mass is 9.94. The highest BCUT2D eigenvalue weighted by Gasteiger charge is 2.38. The Kier molecular flexibility index (Phi) is 10.2. The highest BCUT2D eigenvalue weighted by molar-refractivity contribution is 5.85. The summed E-state index contributed by atoms with van der Waals surface area (Å²) in [6.45, 7) is 1.84. The van der Waals surface area contributed by atoms with Crippen LogP contribution in [-0.2, 0) is 6.18 Å². The number of methoxy groups -OCH3 is 1. The molecular formula is C16H22Cl2F6N2O. The molecule has 11 heteroatoms. The van der Waals surface area contributed by atoms with Gasteiger partial charge in [0, 0.05) is 38.6 Å². The molecule has 0 aromatic heterocycles. The van der Waals surface area contributed by atoms with Crippen molar-refractivity contribution in [3.8, 4) is 5.75 Å². The molecular weight excluding hydrogens is 421 g/mol. The zero-order valence-electron chi connectivity index (χ0n) is 14.5. The van der Waals surface area contributed by atoms with Gasteiger partial charge in [0.2, 0.25) is 0 Å². The zero-order chi connectivity index (χ0) is 18.7. The molecule has 1 aromatic rings. The van der Waals surface area contributed by atoms with Crippen molar-refractivity contribution in [2.75, 3.05) is 33.3 Å². The second-order valence-corrected chi connectivity index (χ2v) is 5.91. The first-order valence-corrected chi connectivity index (χ1v) is 7.88. The largest absolute Gasteiger partial charge is 0.497 e. The zero-order valence-corrected chi connectivity index (χ0v) is 16.1. The van der Waals surface area contributed by atoms with Crippen LogP contribution in [0.4, 0.5) is 26.3 Å². The van der Waals surface area contributed by atoms with Gasteiger partial charge in [0.05, 0.1) is 12.7 Å². The van der Waals surface area contributed by atoms with Gasteiger partial charge in [-0.05, 0) is 24.1 Å². The summed E-state index contributed by atoms with van der Waals surface area (Å²) in [7, 11) is 1.24. The Labute approximate surface area is 166 Å². The maximum absolute atomic E-state index is 13.5. The first kappa shape index (κ1) is 26.1. The van der Waals surface area contributed by atoms with Crippen LogP contribution in [0.2, 0.25) is 0 Å². The summed E-state index contributed by atoms with van der Waals surface area (Å²) in [5.74, 6) is 0.0194. The van der Waals surface area contributed by atoms with Gasteiger partial charge in [0.1, 0.15) is 5.75 Å². The van der Waals surface area contributed by atoms with E-state index >= 15 is 0 Å². The summed E-state index contributed by atoms with van der Waals surface area (Å²) in [6, 6.07) is 2.47. The van der Waals surface area contributed by atoms with E-state index in [0.717, 1.165) is 6.07 Å². The first-order valence-electron chi connectivity index (χ1n) is 7.88. The molecule has 1 fully saturated rings. The number of nitrogens with one attached hydrogen (secondary N) is 1. The molecule has 1 aliphatic rings. The van der Waals surface area contributed by atoms with Crippen LogP contribution in [0.5, 0.6) is 5.75 Å². The molecule has 1 saturated heterocycles. The predicted molar refractivity (Wildman–Crippen MR) is 95.0 cm³/mol. The summed E-state index contributed by atoms with van der Waals surface area (Å²) >= 11 is 0. The highest BCUT2D eigenvalue weighted by Crippen LogP contribution is 2.41. The molecule has 0 saturated carbocycles. The van der Waals surface area contributed by atoms with Crippen molar-refractivity contribution in [2.24, 2.45) is 0 Å². The molecule has 1 aliphatic heterocycles. The predicted octanol–water partition coefficient (Wildman–Crippen LogP) is 4.85. The molecule has 3 nitrogen and oxygen atoms in total. The Morgan fingerprint density at radius 1 is 1.07 bits per heavy atom. The summed E-state index contributed by atoms with van der Waals surface area (Å²) in [5.41, 5.74) is -1.09. The van der Waals surface area contributed by atoms with Crippen LogP contribution in [0, 0.1) is 0 Å².